The zero-order valence-corrected chi connectivity index (χ0v) is 15.7. The molecule has 8 heteroatoms. The molecule has 0 bridgehead atoms. The van der Waals surface area contributed by atoms with Gasteiger partial charge in [0.05, 0.1) is 5.56 Å². The monoisotopic (exact) mass is 374 g/mol. The molecule has 3 aromatic heterocycles. The minimum absolute atomic E-state index is 0.277. The van der Waals surface area contributed by atoms with E-state index in [0.29, 0.717) is 23.1 Å². The largest absolute Gasteiger partial charge is 0.334 e. The van der Waals surface area contributed by atoms with Gasteiger partial charge in [0.25, 0.3) is 11.8 Å². The molecule has 4 aromatic rings. The second-order valence-corrected chi connectivity index (χ2v) is 6.46. The number of benzene rings is 1. The number of aryl methyl sites for hydroxylation is 3. The molecule has 0 aliphatic carbocycles. The van der Waals surface area contributed by atoms with Gasteiger partial charge in [0.15, 0.2) is 11.6 Å². The summed E-state index contributed by atoms with van der Waals surface area (Å²) >= 11 is 0. The first kappa shape index (κ1) is 17.6. The van der Waals surface area contributed by atoms with Crippen LogP contribution in [0.5, 0.6) is 0 Å². The number of aromatic nitrogens is 5. The second kappa shape index (κ2) is 7.07. The van der Waals surface area contributed by atoms with Crippen molar-refractivity contribution in [1.29, 1.82) is 0 Å². The molecule has 0 saturated heterocycles. The van der Waals surface area contributed by atoms with E-state index >= 15 is 0 Å². The molecule has 140 valence electrons. The van der Waals surface area contributed by atoms with Crippen LogP contribution in [0.1, 0.15) is 27.4 Å². The van der Waals surface area contributed by atoms with Gasteiger partial charge in [0.2, 0.25) is 0 Å². The highest BCUT2D eigenvalue weighted by Gasteiger charge is 2.17. The quantitative estimate of drug-likeness (QED) is 0.587. The third-order valence-corrected chi connectivity index (χ3v) is 4.25. The summed E-state index contributed by atoms with van der Waals surface area (Å²) in [6.45, 7) is 5.67. The van der Waals surface area contributed by atoms with E-state index in [2.05, 4.69) is 25.4 Å². The highest BCUT2D eigenvalue weighted by Crippen LogP contribution is 2.24. The second-order valence-electron chi connectivity index (χ2n) is 6.46. The molecule has 0 spiro atoms. The minimum atomic E-state index is -0.293. The molecule has 0 saturated carbocycles. The summed E-state index contributed by atoms with van der Waals surface area (Å²) in [6.07, 6.45) is 4.81. The van der Waals surface area contributed by atoms with Crippen molar-refractivity contribution in [3.8, 4) is 17.3 Å². The van der Waals surface area contributed by atoms with Crippen molar-refractivity contribution in [2.45, 2.75) is 20.8 Å². The Morgan fingerprint density at radius 1 is 1.14 bits per heavy atom. The Balaban J connectivity index is 1.63. The van der Waals surface area contributed by atoms with Gasteiger partial charge in [-0.15, -0.1) is 0 Å². The topological polar surface area (TPSA) is 98.7 Å². The van der Waals surface area contributed by atoms with E-state index in [1.807, 2.05) is 38.1 Å². The van der Waals surface area contributed by atoms with Gasteiger partial charge in [-0.25, -0.2) is 9.97 Å². The average Bonchev–Trinajstić information content (AvgIpc) is 3.34. The van der Waals surface area contributed by atoms with Crippen LogP contribution in [0.4, 0.5) is 5.69 Å². The van der Waals surface area contributed by atoms with Crippen molar-refractivity contribution in [2.24, 2.45) is 0 Å². The number of hydrogen-bond acceptors (Lipinski definition) is 6. The zero-order chi connectivity index (χ0) is 19.7. The first-order chi connectivity index (χ1) is 13.5. The number of carbonyl (C=O) groups excluding carboxylic acids is 1. The first-order valence-electron chi connectivity index (χ1n) is 8.70. The summed E-state index contributed by atoms with van der Waals surface area (Å²) < 4.78 is 6.92. The molecule has 1 N–H and O–H groups in total. The summed E-state index contributed by atoms with van der Waals surface area (Å²) in [5, 5.41) is 6.73. The number of hydrogen-bond donors (Lipinski definition) is 1. The van der Waals surface area contributed by atoms with Gasteiger partial charge >= 0.3 is 0 Å². The highest BCUT2D eigenvalue weighted by atomic mass is 16.5. The maximum absolute atomic E-state index is 12.6. The van der Waals surface area contributed by atoms with E-state index in [9.17, 15) is 4.79 Å². The average molecular weight is 374 g/mol. The Kier molecular flexibility index (Phi) is 4.44. The van der Waals surface area contributed by atoms with E-state index in [0.717, 1.165) is 16.8 Å². The number of nitrogens with one attached hydrogen (secondary N) is 1. The lowest BCUT2D eigenvalue weighted by Gasteiger charge is -2.08. The number of amides is 1. The fourth-order valence-corrected chi connectivity index (χ4v) is 2.79. The van der Waals surface area contributed by atoms with Gasteiger partial charge in [-0.1, -0.05) is 17.3 Å². The van der Waals surface area contributed by atoms with Gasteiger partial charge in [0, 0.05) is 18.1 Å². The number of imidazole rings is 1. The number of rotatable bonds is 4. The molecule has 1 amide bonds. The van der Waals surface area contributed by atoms with Gasteiger partial charge < -0.3 is 9.84 Å². The van der Waals surface area contributed by atoms with E-state index in [-0.39, 0.29) is 11.6 Å². The summed E-state index contributed by atoms with van der Waals surface area (Å²) in [4.78, 5) is 25.5. The van der Waals surface area contributed by atoms with Crippen LogP contribution < -0.4 is 5.32 Å². The SMILES string of the molecule is Cc1ccc(C)c(NC(=O)c2cn(-c3ncccc3-c3nc(C)no3)cn2)c1. The Morgan fingerprint density at radius 2 is 2.00 bits per heavy atom. The highest BCUT2D eigenvalue weighted by molar-refractivity contribution is 6.03. The molecule has 4 rings (SSSR count). The van der Waals surface area contributed by atoms with E-state index in [1.165, 1.54) is 6.33 Å². The van der Waals surface area contributed by atoms with E-state index < -0.39 is 0 Å². The lowest BCUT2D eigenvalue weighted by atomic mass is 10.1. The van der Waals surface area contributed by atoms with Gasteiger partial charge in [-0.3, -0.25) is 9.36 Å². The first-order valence-corrected chi connectivity index (χ1v) is 8.70. The smallest absolute Gasteiger partial charge is 0.275 e. The molecule has 0 aliphatic rings. The maximum Gasteiger partial charge on any atom is 0.275 e. The van der Waals surface area contributed by atoms with Crippen molar-refractivity contribution in [2.75, 3.05) is 5.32 Å². The summed E-state index contributed by atoms with van der Waals surface area (Å²) in [7, 11) is 0. The number of pyridine rings is 1. The standard InChI is InChI=1S/C20H18N6O2/c1-12-6-7-13(2)16(9-12)24-19(27)17-10-26(11-22-17)18-15(5-4-8-21-18)20-23-14(3)25-28-20/h4-11H,1-3H3,(H,24,27). The predicted octanol–water partition coefficient (Wildman–Crippen LogP) is 3.49. The fourth-order valence-electron chi connectivity index (χ4n) is 2.79. The molecule has 3 heterocycles. The van der Waals surface area contributed by atoms with Crippen LogP contribution in [0.2, 0.25) is 0 Å². The summed E-state index contributed by atoms with van der Waals surface area (Å²) in [5.41, 5.74) is 3.75. The van der Waals surface area contributed by atoms with Crippen molar-refractivity contribution in [3.63, 3.8) is 0 Å². The Morgan fingerprint density at radius 3 is 2.79 bits per heavy atom. The van der Waals surface area contributed by atoms with Crippen molar-refractivity contribution >= 4 is 11.6 Å². The third-order valence-electron chi connectivity index (χ3n) is 4.25. The molecular formula is C20H18N6O2. The summed E-state index contributed by atoms with van der Waals surface area (Å²) in [6, 6.07) is 9.51. The molecule has 0 atom stereocenters. The van der Waals surface area contributed by atoms with Gasteiger partial charge in [0.1, 0.15) is 12.0 Å². The van der Waals surface area contributed by atoms with Crippen LogP contribution in [-0.2, 0) is 0 Å². The maximum atomic E-state index is 12.6. The third kappa shape index (κ3) is 3.39. The normalized spacial score (nSPS) is 10.8. The van der Waals surface area contributed by atoms with Crippen LogP contribution in [0.25, 0.3) is 17.3 Å². The minimum Gasteiger partial charge on any atom is -0.334 e. The molecule has 28 heavy (non-hydrogen) atoms. The molecule has 8 nitrogen and oxygen atoms in total. The van der Waals surface area contributed by atoms with Crippen molar-refractivity contribution in [1.82, 2.24) is 24.7 Å². The lowest BCUT2D eigenvalue weighted by molar-refractivity contribution is 0.102. The molecular weight excluding hydrogens is 356 g/mol. The van der Waals surface area contributed by atoms with Crippen LogP contribution in [0, 0.1) is 20.8 Å². The van der Waals surface area contributed by atoms with Crippen molar-refractivity contribution in [3.05, 3.63) is 71.7 Å². The van der Waals surface area contributed by atoms with Crippen LogP contribution in [0.15, 0.2) is 53.6 Å². The number of carbonyl (C=O) groups is 1. The van der Waals surface area contributed by atoms with Gasteiger partial charge in [-0.2, -0.15) is 4.98 Å². The van der Waals surface area contributed by atoms with Crippen LogP contribution >= 0.6 is 0 Å². The van der Waals surface area contributed by atoms with E-state index in [1.54, 1.807) is 30.0 Å². The number of nitrogens with zero attached hydrogens (tertiary/aromatic N) is 5. The lowest BCUT2D eigenvalue weighted by Crippen LogP contribution is -2.13. The van der Waals surface area contributed by atoms with Crippen molar-refractivity contribution < 1.29 is 9.32 Å². The Labute approximate surface area is 161 Å². The molecule has 0 unspecified atom stereocenters. The van der Waals surface area contributed by atoms with E-state index in [4.69, 9.17) is 4.52 Å². The molecule has 0 radical (unpaired) electrons. The van der Waals surface area contributed by atoms with Crippen LogP contribution in [-0.4, -0.2) is 30.6 Å². The molecule has 0 aliphatic heterocycles. The molecule has 1 aromatic carbocycles. The number of anilines is 1. The Bertz CT molecular complexity index is 1160. The van der Waals surface area contributed by atoms with Gasteiger partial charge in [-0.05, 0) is 50.1 Å². The van der Waals surface area contributed by atoms with Crippen LogP contribution in [0.3, 0.4) is 0 Å². The molecule has 0 fully saturated rings. The zero-order valence-electron chi connectivity index (χ0n) is 15.7. The Hall–Kier alpha value is -3.81. The summed E-state index contributed by atoms with van der Waals surface area (Å²) in [5.74, 6) is 1.14. The predicted molar refractivity (Wildman–Crippen MR) is 103 cm³/mol. The fraction of sp³-hybridized carbons (Fsp3) is 0.150.